The van der Waals surface area contributed by atoms with E-state index in [-0.39, 0.29) is 28.5 Å². The van der Waals surface area contributed by atoms with Crippen LogP contribution in [0.2, 0.25) is 0 Å². The van der Waals surface area contributed by atoms with Gasteiger partial charge < -0.3 is 10.2 Å². The molecule has 2 aromatic carbocycles. The fraction of sp³-hybridized carbons (Fsp3) is 0.375. The maximum absolute atomic E-state index is 12.6. The monoisotopic (exact) mass is 658 g/mol. The Balaban J connectivity index is 1.65. The number of carbonyl (C=O) groups is 2. The number of aromatic carboxylic acids is 2. The number of hydrogen-bond donors (Lipinski definition) is 4. The van der Waals surface area contributed by atoms with Crippen LogP contribution in [0.3, 0.4) is 0 Å². The van der Waals surface area contributed by atoms with E-state index in [0.717, 1.165) is 22.3 Å². The Kier molecular flexibility index (Phi) is 7.82. The van der Waals surface area contributed by atoms with E-state index in [1.54, 1.807) is 36.4 Å². The molecule has 1 fully saturated rings. The Morgan fingerprint density at radius 1 is 0.911 bits per heavy atom. The van der Waals surface area contributed by atoms with Crippen molar-refractivity contribution >= 4 is 43.4 Å². The van der Waals surface area contributed by atoms with E-state index in [0.29, 0.717) is 29.9 Å². The first kappa shape index (κ1) is 32.8. The average Bonchev–Trinajstić information content (AvgIpc) is 3.23. The van der Waals surface area contributed by atoms with Gasteiger partial charge in [-0.25, -0.2) is 14.1 Å². The van der Waals surface area contributed by atoms with Gasteiger partial charge >= 0.3 is 22.1 Å². The first-order chi connectivity index (χ1) is 20.7. The van der Waals surface area contributed by atoms with Crippen LogP contribution in [-0.2, 0) is 31.1 Å². The quantitative estimate of drug-likeness (QED) is 0.208. The van der Waals surface area contributed by atoms with E-state index in [2.05, 4.69) is 0 Å². The van der Waals surface area contributed by atoms with Gasteiger partial charge in [0.25, 0.3) is 10.1 Å². The second kappa shape index (κ2) is 10.7. The predicted octanol–water partition coefficient (Wildman–Crippen LogP) is 5.15. The summed E-state index contributed by atoms with van der Waals surface area (Å²) in [6.07, 6.45) is 6.04. The zero-order chi connectivity index (χ0) is 33.3. The Labute approximate surface area is 262 Å². The molecule has 45 heavy (non-hydrogen) atoms. The number of benzene rings is 2. The zero-order valence-corrected chi connectivity index (χ0v) is 26.9. The fourth-order valence-corrected chi connectivity index (χ4v) is 9.12. The maximum Gasteiger partial charge on any atom is 0.335 e. The van der Waals surface area contributed by atoms with Crippen LogP contribution in [0.5, 0.6) is 0 Å². The number of quaternary nitrogens is 1. The summed E-state index contributed by atoms with van der Waals surface area (Å²) in [7, 11) is -8.68. The van der Waals surface area contributed by atoms with Gasteiger partial charge in [-0.3, -0.25) is 9.11 Å². The lowest BCUT2D eigenvalue weighted by molar-refractivity contribution is 0.0686. The summed E-state index contributed by atoms with van der Waals surface area (Å²) in [5.41, 5.74) is 3.71. The highest BCUT2D eigenvalue weighted by Gasteiger charge is 2.66. The molecule has 2 unspecified atom stereocenters. The summed E-state index contributed by atoms with van der Waals surface area (Å²) in [6.45, 7) is 8.01. The molecule has 240 valence electrons. The molecule has 1 spiro atoms. The summed E-state index contributed by atoms with van der Waals surface area (Å²) in [5.74, 6) is -2.64. The first-order valence-corrected chi connectivity index (χ1v) is 17.5. The van der Waals surface area contributed by atoms with Gasteiger partial charge in [0.05, 0.1) is 35.3 Å². The maximum atomic E-state index is 12.6. The minimum Gasteiger partial charge on any atom is -0.478 e. The molecule has 2 aromatic rings. The highest BCUT2D eigenvalue weighted by atomic mass is 32.2. The highest BCUT2D eigenvalue weighted by Crippen LogP contribution is 2.58. The number of allylic oxidation sites excluding steroid dienone is 6. The number of fused-ring (bicyclic) bond motifs is 3. The molecule has 11 nitrogen and oxygen atoms in total. The van der Waals surface area contributed by atoms with Crippen molar-refractivity contribution in [1.82, 2.24) is 4.48 Å². The molecule has 1 aliphatic carbocycles. The van der Waals surface area contributed by atoms with Crippen LogP contribution < -0.4 is 4.48 Å². The summed E-state index contributed by atoms with van der Waals surface area (Å²) < 4.78 is 67.5. The molecule has 0 bridgehead atoms. The van der Waals surface area contributed by atoms with Gasteiger partial charge in [0.1, 0.15) is 11.4 Å². The van der Waals surface area contributed by atoms with E-state index in [9.17, 15) is 45.7 Å². The molecular formula is C32H36NO10S2+. The highest BCUT2D eigenvalue weighted by molar-refractivity contribution is 7.86. The number of nitrogens with zero attached hydrogens (tertiary/aromatic N) is 1. The van der Waals surface area contributed by atoms with Crippen LogP contribution in [-0.4, -0.2) is 65.8 Å². The Morgan fingerprint density at radius 3 is 2.04 bits per heavy atom. The van der Waals surface area contributed by atoms with Crippen molar-refractivity contribution in [2.45, 2.75) is 63.2 Å². The van der Waals surface area contributed by atoms with Crippen molar-refractivity contribution in [2.75, 3.05) is 12.3 Å². The van der Waals surface area contributed by atoms with E-state index in [1.165, 1.54) is 12.1 Å². The van der Waals surface area contributed by atoms with Crippen molar-refractivity contribution in [2.24, 2.45) is 0 Å². The average molecular weight is 659 g/mol. The largest absolute Gasteiger partial charge is 0.478 e. The van der Waals surface area contributed by atoms with Gasteiger partial charge in [-0.1, -0.05) is 32.1 Å². The Morgan fingerprint density at radius 2 is 1.51 bits per heavy atom. The van der Waals surface area contributed by atoms with Crippen molar-refractivity contribution < 1.29 is 45.7 Å². The van der Waals surface area contributed by atoms with Crippen LogP contribution in [0, 0.1) is 0 Å². The summed E-state index contributed by atoms with van der Waals surface area (Å²) in [6, 6.07) is 9.40. The Bertz CT molecular complexity index is 1950. The van der Waals surface area contributed by atoms with E-state index < -0.39 is 54.1 Å². The molecular weight excluding hydrogens is 622 g/mol. The van der Waals surface area contributed by atoms with Crippen molar-refractivity contribution in [3.05, 3.63) is 93.7 Å². The number of hydrogen-bond acceptors (Lipinski definition) is 6. The molecule has 2 aliphatic heterocycles. The van der Waals surface area contributed by atoms with Crippen molar-refractivity contribution in [3.8, 4) is 0 Å². The summed E-state index contributed by atoms with van der Waals surface area (Å²) >= 11 is 0. The molecule has 1 saturated heterocycles. The zero-order valence-electron chi connectivity index (χ0n) is 25.3. The van der Waals surface area contributed by atoms with E-state index >= 15 is 0 Å². The van der Waals surface area contributed by atoms with E-state index in [4.69, 9.17) is 0 Å². The topological polar surface area (TPSA) is 183 Å². The molecule has 0 aromatic heterocycles. The van der Waals surface area contributed by atoms with E-state index in [1.807, 2.05) is 33.8 Å². The Hall–Kier alpha value is -3.62. The molecule has 0 saturated carbocycles. The van der Waals surface area contributed by atoms with Crippen molar-refractivity contribution in [3.63, 3.8) is 0 Å². The fourth-order valence-electron chi connectivity index (χ4n) is 7.42. The third-order valence-corrected chi connectivity index (χ3v) is 11.7. The molecule has 0 radical (unpaired) electrons. The number of carboxylic acids is 2. The lowest BCUT2D eigenvalue weighted by atomic mass is 9.80. The second-order valence-corrected chi connectivity index (χ2v) is 16.0. The molecule has 4 N–H and O–H groups in total. The van der Waals surface area contributed by atoms with Gasteiger partial charge in [-0.15, -0.1) is 0 Å². The van der Waals surface area contributed by atoms with Gasteiger partial charge in [0, 0.05) is 17.0 Å². The van der Waals surface area contributed by atoms with Crippen LogP contribution in [0.4, 0.5) is 5.69 Å². The van der Waals surface area contributed by atoms with Crippen LogP contribution in [0.25, 0.3) is 5.57 Å². The first-order valence-electron chi connectivity index (χ1n) is 14.4. The lowest BCUT2D eigenvalue weighted by Crippen LogP contribution is -2.68. The molecule has 5 rings (SSSR count). The summed E-state index contributed by atoms with van der Waals surface area (Å²) in [4.78, 5) is 23.6. The van der Waals surface area contributed by atoms with Gasteiger partial charge in [-0.05, 0) is 79.3 Å². The number of rotatable bonds is 9. The van der Waals surface area contributed by atoms with Gasteiger partial charge in [0.2, 0.25) is 5.37 Å². The standard InChI is InChI=1S/C32H35NO10S2/c1-31(2)23(21(7-6-16-44(38,39)40)22-12-10-19(29(34)35)17-24(22)31)8-5-9-27-32(3,4)25-18-20(30(36)37)11-13-26(25)33(27)15-14-28(33)45(41,42)43/h5,8-13,17-18,28H,6-7,14-16H2,1-4H3,(H3-,34,35,36,37,38,39,40,41,42,43)/p+1/b8-5?,27-9+. The second-order valence-electron chi connectivity index (χ2n) is 12.9. The minimum atomic E-state index is -4.48. The van der Waals surface area contributed by atoms with Crippen molar-refractivity contribution in [1.29, 1.82) is 0 Å². The SMILES string of the molecule is CC1(C)C(C=C/C=C2\C(C)(C)c3cc(C(=O)O)ccc3[N+]23CCC3S(=O)(=O)O)=C(CCCS(=O)(=O)O)c2ccc(C(=O)O)cc21. The third kappa shape index (κ3) is 5.36. The van der Waals surface area contributed by atoms with Crippen LogP contribution in [0.15, 0.2) is 65.9 Å². The van der Waals surface area contributed by atoms with Crippen LogP contribution >= 0.6 is 0 Å². The predicted molar refractivity (Wildman–Crippen MR) is 169 cm³/mol. The molecule has 2 atom stereocenters. The normalized spacial score (nSPS) is 24.2. The van der Waals surface area contributed by atoms with Crippen LogP contribution in [0.1, 0.15) is 84.4 Å². The molecule has 2 heterocycles. The lowest BCUT2D eigenvalue weighted by Gasteiger charge is -2.49. The number of carboxylic acid groups (broad SMARTS) is 2. The molecule has 0 amide bonds. The van der Waals surface area contributed by atoms with Gasteiger partial charge in [-0.2, -0.15) is 16.8 Å². The molecule has 13 heteroatoms. The van der Waals surface area contributed by atoms with Gasteiger partial charge in [0.15, 0.2) is 0 Å². The summed E-state index contributed by atoms with van der Waals surface area (Å²) in [5, 5.41) is 18.1. The smallest absolute Gasteiger partial charge is 0.335 e. The minimum absolute atomic E-state index is 0.0617. The molecule has 3 aliphatic rings. The third-order valence-electron chi connectivity index (χ3n) is 9.59.